The molecule has 0 aromatic heterocycles. The van der Waals surface area contributed by atoms with Gasteiger partial charge in [0.25, 0.3) is 0 Å². The number of aromatic hydroxyl groups is 2. The zero-order valence-corrected chi connectivity index (χ0v) is 40.1. The summed E-state index contributed by atoms with van der Waals surface area (Å²) in [6.07, 6.45) is 4.40. The predicted molar refractivity (Wildman–Crippen MR) is 259 cm³/mol. The van der Waals surface area contributed by atoms with Gasteiger partial charge < -0.3 is 10.2 Å². The van der Waals surface area contributed by atoms with Gasteiger partial charge >= 0.3 is 0 Å². The quantitative estimate of drug-likeness (QED) is 0.109. The molecule has 310 valence electrons. The molecule has 0 atom stereocenters. The molecule has 0 amide bonds. The molecule has 0 aliphatic heterocycles. The van der Waals surface area contributed by atoms with Crippen molar-refractivity contribution in [1.29, 1.82) is 0 Å². The van der Waals surface area contributed by atoms with E-state index in [0.29, 0.717) is 11.5 Å². The van der Waals surface area contributed by atoms with Crippen molar-refractivity contribution in [2.24, 2.45) is 0 Å². The summed E-state index contributed by atoms with van der Waals surface area (Å²) in [4.78, 5) is 1.09. The Hall–Kier alpha value is -3.60. The number of rotatable bonds is 10. The van der Waals surface area contributed by atoms with Gasteiger partial charge in [-0.25, -0.2) is 0 Å². The van der Waals surface area contributed by atoms with Crippen molar-refractivity contribution < 1.29 is 10.2 Å². The lowest BCUT2D eigenvalue weighted by atomic mass is 9.78. The van der Waals surface area contributed by atoms with Crippen LogP contribution < -0.4 is 0 Å². The molecule has 5 aromatic carbocycles. The second-order valence-corrected chi connectivity index (χ2v) is 22.8. The normalized spacial score (nSPS) is 12.7. The Labute approximate surface area is 360 Å². The first-order chi connectivity index (χ1) is 26.8. The monoisotopic (exact) mass is 814 g/mol. The van der Waals surface area contributed by atoms with E-state index in [9.17, 15) is 10.2 Å². The van der Waals surface area contributed by atoms with E-state index in [1.54, 1.807) is 0 Å². The lowest BCUT2D eigenvalue weighted by Gasteiger charge is -2.27. The maximum Gasteiger partial charge on any atom is 0.131 e. The van der Waals surface area contributed by atoms with Crippen molar-refractivity contribution in [3.63, 3.8) is 0 Å². The first-order valence-electron chi connectivity index (χ1n) is 21.1. The standard InChI is InChI=1S/C54H70O2S2/c1-33-21-42(36-27-38(51(4,5)6)31-39(28-36)52(7,8)9)48(55)44(23-33)46-25-35(3)26-47(50(46)58-20-18-17-19-57-16)45-24-34(2)22-43(49(45)56)37-29-40(53(10,11)12)32-41(30-37)54(13,14)15/h21-32,55-56H,17-20H2,1-16H3. The second-order valence-electron chi connectivity index (χ2n) is 20.8. The Balaban J connectivity index is 1.81. The van der Waals surface area contributed by atoms with Gasteiger partial charge in [0.1, 0.15) is 11.5 Å². The number of benzene rings is 5. The van der Waals surface area contributed by atoms with Gasteiger partial charge in [0.05, 0.1) is 0 Å². The van der Waals surface area contributed by atoms with Crippen molar-refractivity contribution >= 4 is 23.5 Å². The van der Waals surface area contributed by atoms with E-state index >= 15 is 0 Å². The summed E-state index contributed by atoms with van der Waals surface area (Å²) in [7, 11) is 0. The van der Waals surface area contributed by atoms with E-state index in [1.165, 1.54) is 22.3 Å². The Morgan fingerprint density at radius 2 is 0.690 bits per heavy atom. The predicted octanol–water partition coefficient (Wildman–Crippen LogP) is 16.1. The van der Waals surface area contributed by atoms with Gasteiger partial charge in [-0.3, -0.25) is 0 Å². The summed E-state index contributed by atoms with van der Waals surface area (Å²) in [6.45, 7) is 33.5. The van der Waals surface area contributed by atoms with Crippen molar-refractivity contribution in [2.75, 3.05) is 17.8 Å². The Morgan fingerprint density at radius 1 is 0.397 bits per heavy atom. The average Bonchev–Trinajstić information content (AvgIpc) is 3.11. The van der Waals surface area contributed by atoms with Crippen LogP contribution in [0.25, 0.3) is 44.5 Å². The molecular weight excluding hydrogens is 745 g/mol. The molecule has 0 heterocycles. The summed E-state index contributed by atoms with van der Waals surface area (Å²) in [6, 6.07) is 26.7. The molecule has 0 saturated carbocycles. The average molecular weight is 815 g/mol. The summed E-state index contributed by atoms with van der Waals surface area (Å²) in [5, 5.41) is 25.1. The summed E-state index contributed by atoms with van der Waals surface area (Å²) in [5.41, 5.74) is 15.5. The molecule has 0 aliphatic rings. The van der Waals surface area contributed by atoms with Crippen LogP contribution in [0.15, 0.2) is 77.7 Å². The lowest BCUT2D eigenvalue weighted by molar-refractivity contribution is 0.479. The molecular formula is C54H70O2S2. The van der Waals surface area contributed by atoms with Crippen molar-refractivity contribution in [3.8, 4) is 56.0 Å². The molecule has 4 heteroatoms. The van der Waals surface area contributed by atoms with Gasteiger partial charge in [-0.1, -0.05) is 132 Å². The van der Waals surface area contributed by atoms with E-state index in [-0.39, 0.29) is 21.7 Å². The fourth-order valence-corrected chi connectivity index (χ4v) is 9.25. The minimum Gasteiger partial charge on any atom is -0.507 e. The second kappa shape index (κ2) is 17.2. The highest BCUT2D eigenvalue weighted by Gasteiger charge is 2.27. The Kier molecular flexibility index (Phi) is 13.5. The third kappa shape index (κ3) is 10.4. The molecule has 0 unspecified atom stereocenters. The number of hydrogen-bond acceptors (Lipinski definition) is 4. The largest absolute Gasteiger partial charge is 0.507 e. The fourth-order valence-electron chi connectivity index (χ4n) is 7.56. The van der Waals surface area contributed by atoms with Gasteiger partial charge in [-0.05, 0) is 158 Å². The van der Waals surface area contributed by atoms with Gasteiger partial charge in [-0.2, -0.15) is 11.8 Å². The van der Waals surface area contributed by atoms with Crippen LogP contribution in [-0.2, 0) is 21.7 Å². The molecule has 0 aliphatic carbocycles. The van der Waals surface area contributed by atoms with Crippen LogP contribution >= 0.6 is 23.5 Å². The van der Waals surface area contributed by atoms with Crippen molar-refractivity contribution in [2.45, 2.75) is 143 Å². The molecule has 58 heavy (non-hydrogen) atoms. The van der Waals surface area contributed by atoms with E-state index < -0.39 is 0 Å². The van der Waals surface area contributed by atoms with E-state index in [2.05, 4.69) is 183 Å². The van der Waals surface area contributed by atoms with Crippen LogP contribution in [0.2, 0.25) is 0 Å². The Bertz CT molecular complexity index is 2070. The number of thioether (sulfide) groups is 2. The minimum absolute atomic E-state index is 0.0547. The smallest absolute Gasteiger partial charge is 0.131 e. The van der Waals surface area contributed by atoms with Crippen LogP contribution in [0.4, 0.5) is 0 Å². The fraction of sp³-hybridized carbons (Fsp3) is 0.444. The third-order valence-electron chi connectivity index (χ3n) is 11.3. The molecule has 5 aromatic rings. The van der Waals surface area contributed by atoms with E-state index in [0.717, 1.165) is 90.4 Å². The highest BCUT2D eigenvalue weighted by atomic mass is 32.2. The summed E-state index contributed by atoms with van der Waals surface area (Å²) in [5.74, 6) is 2.65. The molecule has 0 spiro atoms. The van der Waals surface area contributed by atoms with Gasteiger partial charge in [0.2, 0.25) is 0 Å². The van der Waals surface area contributed by atoms with Crippen LogP contribution in [0.3, 0.4) is 0 Å². The number of aryl methyl sites for hydroxylation is 3. The zero-order valence-electron chi connectivity index (χ0n) is 38.5. The zero-order chi connectivity index (χ0) is 43.1. The van der Waals surface area contributed by atoms with Crippen LogP contribution in [0.1, 0.15) is 135 Å². The number of phenols is 2. The molecule has 0 saturated heterocycles. The van der Waals surface area contributed by atoms with Crippen LogP contribution in [-0.4, -0.2) is 28.0 Å². The number of hydrogen-bond donors (Lipinski definition) is 2. The van der Waals surface area contributed by atoms with Gasteiger partial charge in [0, 0.05) is 27.1 Å². The lowest BCUT2D eigenvalue weighted by Crippen LogP contribution is -2.16. The van der Waals surface area contributed by atoms with Gasteiger partial charge in [-0.15, -0.1) is 11.8 Å². The van der Waals surface area contributed by atoms with Crippen LogP contribution in [0, 0.1) is 20.8 Å². The molecule has 0 radical (unpaired) electrons. The third-order valence-corrected chi connectivity index (χ3v) is 13.2. The van der Waals surface area contributed by atoms with Gasteiger partial charge in [0.15, 0.2) is 0 Å². The minimum atomic E-state index is -0.0547. The molecule has 0 fully saturated rings. The van der Waals surface area contributed by atoms with Crippen LogP contribution in [0.5, 0.6) is 11.5 Å². The first-order valence-corrected chi connectivity index (χ1v) is 23.4. The molecule has 5 rings (SSSR count). The van der Waals surface area contributed by atoms with Crippen molar-refractivity contribution in [3.05, 3.63) is 112 Å². The maximum absolute atomic E-state index is 12.5. The molecule has 2 N–H and O–H groups in total. The SMILES string of the molecule is CSCCCCSc1c(-c2cc(C)cc(-c3cc(C(C)(C)C)cc(C(C)(C)C)c3)c2O)cc(C)cc1-c1cc(C)cc(-c2cc(C(C)(C)C)cc(C(C)(C)C)c2)c1O. The topological polar surface area (TPSA) is 40.5 Å². The van der Waals surface area contributed by atoms with Crippen molar-refractivity contribution in [1.82, 2.24) is 0 Å². The highest BCUT2D eigenvalue weighted by Crippen LogP contribution is 2.50. The summed E-state index contributed by atoms with van der Waals surface area (Å²) < 4.78 is 0. The Morgan fingerprint density at radius 3 is 1.00 bits per heavy atom. The van der Waals surface area contributed by atoms with E-state index in [1.807, 2.05) is 23.5 Å². The maximum atomic E-state index is 12.5. The molecule has 2 nitrogen and oxygen atoms in total. The van der Waals surface area contributed by atoms with E-state index in [4.69, 9.17) is 0 Å². The summed E-state index contributed by atoms with van der Waals surface area (Å²) >= 11 is 3.74. The highest BCUT2D eigenvalue weighted by molar-refractivity contribution is 7.99. The molecule has 0 bridgehead atoms. The first kappa shape index (κ1) is 45.5. The number of phenolic OH excluding ortho intramolecular Hbond substituents is 2. The number of unbranched alkanes of at least 4 members (excludes halogenated alkanes) is 1.